The molecule has 0 saturated heterocycles. The smallest absolute Gasteiger partial charge is 0.223 e. The fourth-order valence-corrected chi connectivity index (χ4v) is 1.71. The molecule has 1 amide bonds. The van der Waals surface area contributed by atoms with Crippen molar-refractivity contribution >= 4 is 5.91 Å². The second-order valence-electron chi connectivity index (χ2n) is 5.02. The van der Waals surface area contributed by atoms with E-state index in [2.05, 4.69) is 5.32 Å². The van der Waals surface area contributed by atoms with Gasteiger partial charge in [-0.3, -0.25) is 4.79 Å². The van der Waals surface area contributed by atoms with E-state index in [1.807, 2.05) is 13.8 Å². The van der Waals surface area contributed by atoms with Crippen LogP contribution in [-0.2, 0) is 4.79 Å². The minimum atomic E-state index is -0.200. The Bertz CT molecular complexity index is 195. The molecule has 0 aliphatic heterocycles. The number of rotatable bonds is 4. The maximum atomic E-state index is 11.6. The summed E-state index contributed by atoms with van der Waals surface area (Å²) in [5, 5.41) is 11.9. The van der Waals surface area contributed by atoms with Crippen molar-refractivity contribution in [2.45, 2.75) is 39.5 Å². The van der Waals surface area contributed by atoms with Crippen LogP contribution in [0.25, 0.3) is 0 Å². The summed E-state index contributed by atoms with van der Waals surface area (Å²) in [6.45, 7) is 4.57. The molecule has 1 rings (SSSR count). The van der Waals surface area contributed by atoms with E-state index in [1.54, 1.807) is 0 Å². The van der Waals surface area contributed by atoms with Crippen LogP contribution in [0.2, 0.25) is 0 Å². The van der Waals surface area contributed by atoms with Crippen molar-refractivity contribution in [1.29, 1.82) is 0 Å². The Balaban J connectivity index is 2.27. The third kappa shape index (κ3) is 3.29. The Morgan fingerprint density at radius 3 is 2.50 bits per heavy atom. The Labute approximate surface area is 85.9 Å². The van der Waals surface area contributed by atoms with Crippen molar-refractivity contribution < 1.29 is 9.90 Å². The van der Waals surface area contributed by atoms with Crippen molar-refractivity contribution in [3.8, 4) is 0 Å². The third-order valence-corrected chi connectivity index (χ3v) is 2.90. The largest absolute Gasteiger partial charge is 0.396 e. The molecular weight excluding hydrogens is 178 g/mol. The maximum Gasteiger partial charge on any atom is 0.223 e. The van der Waals surface area contributed by atoms with Gasteiger partial charge < -0.3 is 10.4 Å². The normalized spacial score (nSPS) is 18.5. The minimum Gasteiger partial charge on any atom is -0.396 e. The first kappa shape index (κ1) is 11.5. The molecule has 3 nitrogen and oxygen atoms in total. The molecule has 3 heteroatoms. The topological polar surface area (TPSA) is 49.3 Å². The van der Waals surface area contributed by atoms with Gasteiger partial charge in [-0.2, -0.15) is 0 Å². The molecule has 0 aromatic carbocycles. The van der Waals surface area contributed by atoms with Gasteiger partial charge in [-0.15, -0.1) is 0 Å². The molecule has 14 heavy (non-hydrogen) atoms. The summed E-state index contributed by atoms with van der Waals surface area (Å²) < 4.78 is 0. The number of carbonyl (C=O) groups excluding carboxylic acids is 1. The molecule has 0 unspecified atom stereocenters. The molecule has 0 spiro atoms. The van der Waals surface area contributed by atoms with Crippen LogP contribution in [0.3, 0.4) is 0 Å². The number of carbonyl (C=O) groups is 1. The average molecular weight is 199 g/mol. The van der Waals surface area contributed by atoms with Crippen LogP contribution >= 0.6 is 0 Å². The molecule has 0 radical (unpaired) electrons. The van der Waals surface area contributed by atoms with Crippen LogP contribution < -0.4 is 5.32 Å². The molecular formula is C11H21NO2. The third-order valence-electron chi connectivity index (χ3n) is 2.90. The van der Waals surface area contributed by atoms with Gasteiger partial charge in [0.25, 0.3) is 0 Å². The van der Waals surface area contributed by atoms with Gasteiger partial charge in [-0.1, -0.05) is 26.7 Å². The summed E-state index contributed by atoms with van der Waals surface area (Å²) in [5.41, 5.74) is -0.200. The average Bonchev–Trinajstić information content (AvgIpc) is 2.67. The molecule has 1 aliphatic carbocycles. The zero-order chi connectivity index (χ0) is 10.6. The molecule has 0 atom stereocenters. The van der Waals surface area contributed by atoms with Crippen molar-refractivity contribution in [3.05, 3.63) is 0 Å². The standard InChI is InChI=1S/C11H21NO2/c1-11(2,8-13)7-12-10(14)9-5-3-4-6-9/h9,13H,3-8H2,1-2H3,(H,12,14). The molecule has 0 aromatic rings. The second kappa shape index (κ2) is 4.78. The van der Waals surface area contributed by atoms with Gasteiger partial charge in [-0.25, -0.2) is 0 Å². The highest BCUT2D eigenvalue weighted by molar-refractivity contribution is 5.78. The molecule has 1 fully saturated rings. The van der Waals surface area contributed by atoms with Gasteiger partial charge in [0.2, 0.25) is 5.91 Å². The summed E-state index contributed by atoms with van der Waals surface area (Å²) in [4.78, 5) is 11.6. The number of hydrogen-bond acceptors (Lipinski definition) is 2. The zero-order valence-electron chi connectivity index (χ0n) is 9.18. The number of aliphatic hydroxyl groups is 1. The summed E-state index contributed by atoms with van der Waals surface area (Å²) >= 11 is 0. The number of aliphatic hydroxyl groups excluding tert-OH is 1. The lowest BCUT2D eigenvalue weighted by atomic mass is 9.94. The van der Waals surface area contributed by atoms with Gasteiger partial charge in [0.15, 0.2) is 0 Å². The van der Waals surface area contributed by atoms with E-state index in [0.717, 1.165) is 12.8 Å². The molecule has 1 saturated carbocycles. The highest BCUT2D eigenvalue weighted by Crippen LogP contribution is 2.24. The number of hydrogen-bond donors (Lipinski definition) is 2. The molecule has 0 aromatic heterocycles. The van der Waals surface area contributed by atoms with Crippen molar-refractivity contribution in [2.75, 3.05) is 13.2 Å². The maximum absolute atomic E-state index is 11.6. The highest BCUT2D eigenvalue weighted by Gasteiger charge is 2.24. The second-order valence-corrected chi connectivity index (χ2v) is 5.02. The monoisotopic (exact) mass is 199 g/mol. The lowest BCUT2D eigenvalue weighted by molar-refractivity contribution is -0.125. The van der Waals surface area contributed by atoms with Crippen LogP contribution in [0.15, 0.2) is 0 Å². The highest BCUT2D eigenvalue weighted by atomic mass is 16.3. The predicted molar refractivity (Wildman–Crippen MR) is 55.8 cm³/mol. The van der Waals surface area contributed by atoms with E-state index in [0.29, 0.717) is 6.54 Å². The Morgan fingerprint density at radius 1 is 1.43 bits per heavy atom. The molecule has 0 heterocycles. The van der Waals surface area contributed by atoms with E-state index < -0.39 is 0 Å². The Morgan fingerprint density at radius 2 is 2.00 bits per heavy atom. The predicted octanol–water partition coefficient (Wildman–Crippen LogP) is 1.31. The summed E-state index contributed by atoms with van der Waals surface area (Å²) in [7, 11) is 0. The van der Waals surface area contributed by atoms with E-state index in [-0.39, 0.29) is 23.8 Å². The first-order valence-corrected chi connectivity index (χ1v) is 5.44. The van der Waals surface area contributed by atoms with E-state index in [9.17, 15) is 4.79 Å². The van der Waals surface area contributed by atoms with Crippen molar-refractivity contribution in [3.63, 3.8) is 0 Å². The first-order valence-electron chi connectivity index (χ1n) is 5.44. The lowest BCUT2D eigenvalue weighted by Gasteiger charge is -2.22. The molecule has 0 bridgehead atoms. The van der Waals surface area contributed by atoms with Gasteiger partial charge >= 0.3 is 0 Å². The van der Waals surface area contributed by atoms with Crippen LogP contribution in [0, 0.1) is 11.3 Å². The van der Waals surface area contributed by atoms with E-state index in [1.165, 1.54) is 12.8 Å². The van der Waals surface area contributed by atoms with E-state index >= 15 is 0 Å². The fourth-order valence-electron chi connectivity index (χ4n) is 1.71. The Hall–Kier alpha value is -0.570. The first-order chi connectivity index (χ1) is 6.55. The van der Waals surface area contributed by atoms with Gasteiger partial charge in [0.05, 0.1) is 0 Å². The molecule has 82 valence electrons. The zero-order valence-corrected chi connectivity index (χ0v) is 9.18. The Kier molecular flexibility index (Phi) is 3.93. The van der Waals surface area contributed by atoms with Crippen LogP contribution in [-0.4, -0.2) is 24.2 Å². The van der Waals surface area contributed by atoms with E-state index in [4.69, 9.17) is 5.11 Å². The SMILES string of the molecule is CC(C)(CO)CNC(=O)C1CCCC1. The molecule has 2 N–H and O–H groups in total. The fraction of sp³-hybridized carbons (Fsp3) is 0.909. The minimum absolute atomic E-state index is 0.109. The number of amides is 1. The van der Waals surface area contributed by atoms with Crippen molar-refractivity contribution in [2.24, 2.45) is 11.3 Å². The molecule has 1 aliphatic rings. The van der Waals surface area contributed by atoms with Gasteiger partial charge in [-0.05, 0) is 12.8 Å². The van der Waals surface area contributed by atoms with Gasteiger partial charge in [0.1, 0.15) is 0 Å². The lowest BCUT2D eigenvalue weighted by Crippen LogP contribution is -2.38. The number of nitrogens with one attached hydrogen (secondary N) is 1. The summed E-state index contributed by atoms with van der Waals surface area (Å²) in [6, 6.07) is 0. The van der Waals surface area contributed by atoms with Crippen molar-refractivity contribution in [1.82, 2.24) is 5.32 Å². The van der Waals surface area contributed by atoms with Crippen LogP contribution in [0.5, 0.6) is 0 Å². The quantitative estimate of drug-likeness (QED) is 0.717. The van der Waals surface area contributed by atoms with Crippen LogP contribution in [0.4, 0.5) is 0 Å². The summed E-state index contributed by atoms with van der Waals surface area (Å²) in [5.74, 6) is 0.397. The summed E-state index contributed by atoms with van der Waals surface area (Å²) in [6.07, 6.45) is 4.43. The van der Waals surface area contributed by atoms with Gasteiger partial charge in [0, 0.05) is 24.5 Å². The van der Waals surface area contributed by atoms with Crippen LogP contribution in [0.1, 0.15) is 39.5 Å².